The van der Waals surface area contributed by atoms with Crippen molar-refractivity contribution >= 4 is 11.6 Å². The number of amides is 1. The van der Waals surface area contributed by atoms with Gasteiger partial charge in [-0.15, -0.1) is 10.2 Å². The average Bonchev–Trinajstić information content (AvgIpc) is 2.93. The second kappa shape index (κ2) is 3.84. The molecule has 1 saturated carbocycles. The van der Waals surface area contributed by atoms with Gasteiger partial charge in [0.25, 0.3) is 0 Å². The number of rotatable bonds is 3. The molecule has 3 rings (SSSR count). The molecule has 0 aliphatic heterocycles. The summed E-state index contributed by atoms with van der Waals surface area (Å²) in [6.45, 7) is 2.53. The number of carbonyl (C=O) groups is 1. The lowest BCUT2D eigenvalue weighted by Gasteiger charge is -2.02. The Morgan fingerprint density at radius 1 is 1.53 bits per heavy atom. The van der Waals surface area contributed by atoms with Crippen LogP contribution in [0.1, 0.15) is 19.2 Å². The van der Waals surface area contributed by atoms with Crippen molar-refractivity contribution in [1.29, 1.82) is 0 Å². The van der Waals surface area contributed by atoms with Crippen molar-refractivity contribution in [2.45, 2.75) is 19.9 Å². The Hall–Kier alpha value is -1.91. The van der Waals surface area contributed by atoms with E-state index in [4.69, 9.17) is 0 Å². The largest absolute Gasteiger partial charge is 0.349 e. The minimum Gasteiger partial charge on any atom is -0.349 e. The Labute approximate surface area is 98.9 Å². The van der Waals surface area contributed by atoms with Gasteiger partial charge < -0.3 is 5.32 Å². The van der Waals surface area contributed by atoms with Crippen LogP contribution in [0.5, 0.6) is 0 Å². The molecule has 0 saturated heterocycles. The SMILES string of the molecule is CC1CC1C(=O)NCc1nnc2ccccn12. The Kier molecular flexibility index (Phi) is 2.31. The maximum atomic E-state index is 11.7. The number of nitrogens with one attached hydrogen (secondary N) is 1. The molecule has 1 aliphatic carbocycles. The normalized spacial score (nSPS) is 22.6. The number of hydrogen-bond donors (Lipinski definition) is 1. The van der Waals surface area contributed by atoms with Gasteiger partial charge in [-0.3, -0.25) is 9.20 Å². The van der Waals surface area contributed by atoms with Crippen molar-refractivity contribution < 1.29 is 4.79 Å². The third-order valence-corrected chi connectivity index (χ3v) is 3.25. The lowest BCUT2D eigenvalue weighted by Crippen LogP contribution is -2.25. The summed E-state index contributed by atoms with van der Waals surface area (Å²) in [5, 5.41) is 11.0. The zero-order valence-electron chi connectivity index (χ0n) is 9.63. The molecule has 1 aliphatic rings. The molecule has 0 spiro atoms. The highest BCUT2D eigenvalue weighted by Crippen LogP contribution is 2.37. The van der Waals surface area contributed by atoms with Crippen LogP contribution in [0.3, 0.4) is 0 Å². The third kappa shape index (κ3) is 1.88. The number of fused-ring (bicyclic) bond motifs is 1. The molecule has 0 radical (unpaired) electrons. The monoisotopic (exact) mass is 230 g/mol. The predicted octanol–water partition coefficient (Wildman–Crippen LogP) is 1.00. The zero-order chi connectivity index (χ0) is 11.8. The van der Waals surface area contributed by atoms with Gasteiger partial charge in [-0.05, 0) is 24.5 Å². The van der Waals surface area contributed by atoms with Crippen molar-refractivity contribution in [2.24, 2.45) is 11.8 Å². The molecule has 17 heavy (non-hydrogen) atoms. The molecule has 2 aromatic rings. The first-order valence-electron chi connectivity index (χ1n) is 5.82. The van der Waals surface area contributed by atoms with Crippen molar-refractivity contribution in [3.63, 3.8) is 0 Å². The average molecular weight is 230 g/mol. The molecule has 0 aromatic carbocycles. The van der Waals surface area contributed by atoms with Gasteiger partial charge in [-0.2, -0.15) is 0 Å². The minimum absolute atomic E-state index is 0.130. The highest BCUT2D eigenvalue weighted by Gasteiger charge is 2.38. The summed E-state index contributed by atoms with van der Waals surface area (Å²) < 4.78 is 1.89. The molecule has 2 unspecified atom stereocenters. The van der Waals surface area contributed by atoms with Gasteiger partial charge in [0.05, 0.1) is 6.54 Å². The first kappa shape index (κ1) is 10.3. The topological polar surface area (TPSA) is 59.3 Å². The van der Waals surface area contributed by atoms with E-state index in [9.17, 15) is 4.79 Å². The summed E-state index contributed by atoms with van der Waals surface area (Å²) in [7, 11) is 0. The van der Waals surface area contributed by atoms with Crippen LogP contribution in [-0.2, 0) is 11.3 Å². The van der Waals surface area contributed by atoms with Crippen molar-refractivity contribution in [2.75, 3.05) is 0 Å². The van der Waals surface area contributed by atoms with Crippen LogP contribution in [0, 0.1) is 11.8 Å². The summed E-state index contributed by atoms with van der Waals surface area (Å²) in [6, 6.07) is 5.73. The quantitative estimate of drug-likeness (QED) is 0.855. The first-order chi connectivity index (χ1) is 8.25. The Morgan fingerprint density at radius 2 is 2.35 bits per heavy atom. The van der Waals surface area contributed by atoms with E-state index < -0.39 is 0 Å². The van der Waals surface area contributed by atoms with E-state index in [2.05, 4.69) is 22.4 Å². The van der Waals surface area contributed by atoms with Gasteiger partial charge in [-0.25, -0.2) is 0 Å². The summed E-state index contributed by atoms with van der Waals surface area (Å²) in [6.07, 6.45) is 2.91. The summed E-state index contributed by atoms with van der Waals surface area (Å²) in [4.78, 5) is 11.7. The maximum absolute atomic E-state index is 11.7. The lowest BCUT2D eigenvalue weighted by molar-refractivity contribution is -0.122. The van der Waals surface area contributed by atoms with Crippen molar-refractivity contribution in [1.82, 2.24) is 19.9 Å². The molecule has 88 valence electrons. The molecular weight excluding hydrogens is 216 g/mol. The Morgan fingerprint density at radius 3 is 3.12 bits per heavy atom. The van der Waals surface area contributed by atoms with Crippen LogP contribution < -0.4 is 5.32 Å². The number of nitrogens with zero attached hydrogens (tertiary/aromatic N) is 3. The van der Waals surface area contributed by atoms with Gasteiger partial charge in [0.1, 0.15) is 0 Å². The van der Waals surface area contributed by atoms with Gasteiger partial charge in [0, 0.05) is 12.1 Å². The van der Waals surface area contributed by atoms with E-state index in [0.29, 0.717) is 12.5 Å². The van der Waals surface area contributed by atoms with E-state index in [0.717, 1.165) is 17.9 Å². The Balaban J connectivity index is 1.70. The van der Waals surface area contributed by atoms with Crippen LogP contribution in [0.2, 0.25) is 0 Å². The number of hydrogen-bond acceptors (Lipinski definition) is 3. The fourth-order valence-corrected chi connectivity index (χ4v) is 2.00. The van der Waals surface area contributed by atoms with Gasteiger partial charge in [0.15, 0.2) is 11.5 Å². The summed E-state index contributed by atoms with van der Waals surface area (Å²) in [5.41, 5.74) is 0.802. The molecule has 2 aromatic heterocycles. The fourth-order valence-electron chi connectivity index (χ4n) is 2.00. The van der Waals surface area contributed by atoms with E-state index in [-0.39, 0.29) is 11.8 Å². The predicted molar refractivity (Wildman–Crippen MR) is 62.1 cm³/mol. The van der Waals surface area contributed by atoms with Crippen molar-refractivity contribution in [3.8, 4) is 0 Å². The number of carbonyl (C=O) groups excluding carboxylic acids is 1. The zero-order valence-corrected chi connectivity index (χ0v) is 9.63. The van der Waals surface area contributed by atoms with Crippen LogP contribution >= 0.6 is 0 Å². The molecule has 1 fully saturated rings. The van der Waals surface area contributed by atoms with Crippen LogP contribution in [0.4, 0.5) is 0 Å². The molecule has 1 N–H and O–H groups in total. The third-order valence-electron chi connectivity index (χ3n) is 3.25. The van der Waals surface area contributed by atoms with Gasteiger partial charge >= 0.3 is 0 Å². The highest BCUT2D eigenvalue weighted by atomic mass is 16.2. The Bertz CT molecular complexity index is 562. The fraction of sp³-hybridized carbons (Fsp3) is 0.417. The molecule has 0 bridgehead atoms. The van der Waals surface area contributed by atoms with E-state index in [1.165, 1.54) is 0 Å². The molecule has 5 heteroatoms. The first-order valence-corrected chi connectivity index (χ1v) is 5.82. The maximum Gasteiger partial charge on any atom is 0.223 e. The van der Waals surface area contributed by atoms with Crippen LogP contribution in [0.25, 0.3) is 5.65 Å². The van der Waals surface area contributed by atoms with E-state index in [1.54, 1.807) is 0 Å². The van der Waals surface area contributed by atoms with Gasteiger partial charge in [0.2, 0.25) is 5.91 Å². The number of aromatic nitrogens is 3. The molecule has 2 atom stereocenters. The molecule has 5 nitrogen and oxygen atoms in total. The van der Waals surface area contributed by atoms with Crippen LogP contribution in [0.15, 0.2) is 24.4 Å². The van der Waals surface area contributed by atoms with Crippen LogP contribution in [-0.4, -0.2) is 20.5 Å². The molecule has 1 amide bonds. The highest BCUT2D eigenvalue weighted by molar-refractivity contribution is 5.81. The molecule has 2 heterocycles. The second-order valence-corrected chi connectivity index (χ2v) is 4.58. The summed E-state index contributed by atoms with van der Waals surface area (Å²) in [5.74, 6) is 1.63. The second-order valence-electron chi connectivity index (χ2n) is 4.58. The lowest BCUT2D eigenvalue weighted by atomic mass is 10.3. The minimum atomic E-state index is 0.130. The van der Waals surface area contributed by atoms with Crippen molar-refractivity contribution in [3.05, 3.63) is 30.2 Å². The smallest absolute Gasteiger partial charge is 0.223 e. The summed E-state index contributed by atoms with van der Waals surface area (Å²) >= 11 is 0. The number of pyridine rings is 1. The van der Waals surface area contributed by atoms with Gasteiger partial charge in [-0.1, -0.05) is 13.0 Å². The standard InChI is InChI=1S/C12H14N4O/c1-8-6-9(8)12(17)13-7-11-15-14-10-4-2-3-5-16(10)11/h2-5,8-9H,6-7H2,1H3,(H,13,17). The van der Waals surface area contributed by atoms with E-state index >= 15 is 0 Å². The van der Waals surface area contributed by atoms with E-state index in [1.807, 2.05) is 28.8 Å². The molecular formula is C12H14N4O.